The van der Waals surface area contributed by atoms with Crippen LogP contribution in [0.1, 0.15) is 38.3 Å². The van der Waals surface area contributed by atoms with Crippen LogP contribution in [0.25, 0.3) is 11.4 Å². The molecule has 7 heteroatoms. The number of aromatic nitrogens is 3. The molecule has 6 nitrogen and oxygen atoms in total. The lowest BCUT2D eigenvalue weighted by atomic mass is 9.87. The third kappa shape index (κ3) is 5.65. The molecule has 0 atom stereocenters. The predicted octanol–water partition coefficient (Wildman–Crippen LogP) is 5.42. The van der Waals surface area contributed by atoms with Crippen molar-refractivity contribution in [3.05, 3.63) is 72.3 Å². The third-order valence-corrected chi connectivity index (χ3v) is 5.89. The van der Waals surface area contributed by atoms with E-state index in [1.165, 1.54) is 17.3 Å². The van der Waals surface area contributed by atoms with E-state index in [1.54, 1.807) is 24.3 Å². The summed E-state index contributed by atoms with van der Waals surface area (Å²) >= 11 is 1.47. The topological polar surface area (TPSA) is 83.6 Å². The fourth-order valence-electron chi connectivity index (χ4n) is 3.16. The molecule has 0 radical (unpaired) electrons. The highest BCUT2D eigenvalue weighted by Gasteiger charge is 2.17. The summed E-state index contributed by atoms with van der Waals surface area (Å²) in [6.45, 7) is 11.0. The summed E-state index contributed by atoms with van der Waals surface area (Å²) in [6.07, 6.45) is 2.10. The van der Waals surface area contributed by atoms with Gasteiger partial charge in [-0.25, -0.2) is 0 Å². The SMILES string of the molecule is C=CCn1c(SCCC(=O)Nc2ccccc2C#N)nnc1-c1ccc(C(C)(C)C)cc1. The maximum absolute atomic E-state index is 12.3. The van der Waals surface area contributed by atoms with E-state index in [1.807, 2.05) is 10.6 Å². The summed E-state index contributed by atoms with van der Waals surface area (Å²) in [7, 11) is 0. The lowest BCUT2D eigenvalue weighted by molar-refractivity contribution is -0.115. The van der Waals surface area contributed by atoms with Crippen molar-refractivity contribution in [2.75, 3.05) is 11.1 Å². The van der Waals surface area contributed by atoms with Crippen LogP contribution in [0.5, 0.6) is 0 Å². The highest BCUT2D eigenvalue weighted by molar-refractivity contribution is 7.99. The Kier molecular flexibility index (Phi) is 7.49. The van der Waals surface area contributed by atoms with Crippen molar-refractivity contribution >= 4 is 23.4 Å². The first kappa shape index (κ1) is 23.3. The number of carbonyl (C=O) groups is 1. The Morgan fingerprint density at radius 1 is 1.19 bits per heavy atom. The Balaban J connectivity index is 1.67. The monoisotopic (exact) mass is 445 g/mol. The average Bonchev–Trinajstić information content (AvgIpc) is 3.16. The Morgan fingerprint density at radius 2 is 1.91 bits per heavy atom. The van der Waals surface area contributed by atoms with Crippen LogP contribution in [0.3, 0.4) is 0 Å². The number of hydrogen-bond donors (Lipinski definition) is 1. The fraction of sp³-hybridized carbons (Fsp3) is 0.280. The molecule has 1 aromatic heterocycles. The minimum atomic E-state index is -0.145. The van der Waals surface area contributed by atoms with Gasteiger partial charge in [0.25, 0.3) is 0 Å². The highest BCUT2D eigenvalue weighted by atomic mass is 32.2. The van der Waals surface area contributed by atoms with Gasteiger partial charge >= 0.3 is 0 Å². The van der Waals surface area contributed by atoms with E-state index in [2.05, 4.69) is 73.2 Å². The van der Waals surface area contributed by atoms with Crippen LogP contribution in [0.15, 0.2) is 66.3 Å². The van der Waals surface area contributed by atoms with E-state index in [9.17, 15) is 4.79 Å². The standard InChI is InChI=1S/C25H27N5OS/c1-5-15-30-23(18-10-12-20(13-11-18)25(2,3)4)28-29-24(30)32-16-14-22(31)27-21-9-7-6-8-19(21)17-26/h5-13H,1,14-16H2,2-4H3,(H,27,31). The lowest BCUT2D eigenvalue weighted by Gasteiger charge is -2.19. The van der Waals surface area contributed by atoms with Crippen molar-refractivity contribution in [2.24, 2.45) is 0 Å². The van der Waals surface area contributed by atoms with Gasteiger partial charge in [-0.3, -0.25) is 9.36 Å². The van der Waals surface area contributed by atoms with Crippen LogP contribution < -0.4 is 5.32 Å². The first-order chi connectivity index (χ1) is 15.3. The molecule has 0 saturated heterocycles. The van der Waals surface area contributed by atoms with Gasteiger partial charge in [0.15, 0.2) is 11.0 Å². The van der Waals surface area contributed by atoms with Gasteiger partial charge in [-0.1, -0.05) is 75.0 Å². The molecule has 0 aliphatic heterocycles. The summed E-state index contributed by atoms with van der Waals surface area (Å²) < 4.78 is 2.01. The number of allylic oxidation sites excluding steroid dienone is 1. The molecule has 1 N–H and O–H groups in total. The van der Waals surface area contributed by atoms with Gasteiger partial charge in [-0.2, -0.15) is 5.26 Å². The molecule has 164 valence electrons. The summed E-state index contributed by atoms with van der Waals surface area (Å²) in [4.78, 5) is 12.3. The Bertz CT molecular complexity index is 1140. The van der Waals surface area contributed by atoms with Gasteiger partial charge in [0.05, 0.1) is 11.3 Å². The summed E-state index contributed by atoms with van der Waals surface area (Å²) in [6, 6.07) is 17.4. The third-order valence-electron chi connectivity index (χ3n) is 4.92. The summed E-state index contributed by atoms with van der Waals surface area (Å²) in [5, 5.41) is 21.4. The van der Waals surface area contributed by atoms with E-state index in [0.29, 0.717) is 30.0 Å². The first-order valence-electron chi connectivity index (χ1n) is 10.4. The number of para-hydroxylation sites is 1. The Labute approximate surface area is 193 Å². The minimum absolute atomic E-state index is 0.0860. The van der Waals surface area contributed by atoms with Gasteiger partial charge < -0.3 is 5.32 Å². The summed E-state index contributed by atoms with van der Waals surface area (Å²) in [5.41, 5.74) is 3.31. The van der Waals surface area contributed by atoms with Crippen LogP contribution in [0.2, 0.25) is 0 Å². The van der Waals surface area contributed by atoms with Gasteiger partial charge in [-0.15, -0.1) is 16.8 Å². The quantitative estimate of drug-likeness (QED) is 0.370. The van der Waals surface area contributed by atoms with Crippen LogP contribution in [0.4, 0.5) is 5.69 Å². The number of nitrogens with zero attached hydrogens (tertiary/aromatic N) is 4. The predicted molar refractivity (Wildman–Crippen MR) is 129 cm³/mol. The maximum Gasteiger partial charge on any atom is 0.225 e. The van der Waals surface area contributed by atoms with E-state index in [4.69, 9.17) is 5.26 Å². The molecule has 1 heterocycles. The molecular formula is C25H27N5OS. The molecule has 3 rings (SSSR count). The van der Waals surface area contributed by atoms with Gasteiger partial charge in [0, 0.05) is 24.3 Å². The molecule has 3 aromatic rings. The number of anilines is 1. The average molecular weight is 446 g/mol. The molecule has 32 heavy (non-hydrogen) atoms. The second-order valence-electron chi connectivity index (χ2n) is 8.34. The smallest absolute Gasteiger partial charge is 0.225 e. The molecule has 0 aliphatic carbocycles. The second-order valence-corrected chi connectivity index (χ2v) is 9.40. The van der Waals surface area contributed by atoms with Crippen LogP contribution in [0, 0.1) is 11.3 Å². The Hall–Kier alpha value is -3.37. The number of rotatable bonds is 8. The maximum atomic E-state index is 12.3. The van der Waals surface area contributed by atoms with Crippen molar-refractivity contribution in [3.63, 3.8) is 0 Å². The molecule has 0 unspecified atom stereocenters. The van der Waals surface area contributed by atoms with Gasteiger partial charge in [0.1, 0.15) is 6.07 Å². The van der Waals surface area contributed by atoms with Crippen molar-refractivity contribution < 1.29 is 4.79 Å². The van der Waals surface area contributed by atoms with Crippen LogP contribution >= 0.6 is 11.8 Å². The zero-order valence-corrected chi connectivity index (χ0v) is 19.4. The van der Waals surface area contributed by atoms with E-state index in [0.717, 1.165) is 16.5 Å². The number of nitriles is 1. The molecule has 2 aromatic carbocycles. The minimum Gasteiger partial charge on any atom is -0.325 e. The molecule has 0 fully saturated rings. The second kappa shape index (κ2) is 10.3. The fourth-order valence-corrected chi connectivity index (χ4v) is 4.04. The zero-order valence-electron chi connectivity index (χ0n) is 18.6. The molecule has 0 aliphatic rings. The number of carbonyl (C=O) groups excluding carboxylic acids is 1. The van der Waals surface area contributed by atoms with Crippen LogP contribution in [-0.4, -0.2) is 26.4 Å². The van der Waals surface area contributed by atoms with Crippen molar-refractivity contribution in [3.8, 4) is 17.5 Å². The zero-order chi connectivity index (χ0) is 23.1. The van der Waals surface area contributed by atoms with Gasteiger partial charge in [0.2, 0.25) is 5.91 Å². The Morgan fingerprint density at radius 3 is 2.56 bits per heavy atom. The van der Waals surface area contributed by atoms with Crippen molar-refractivity contribution in [1.82, 2.24) is 14.8 Å². The number of thioether (sulfide) groups is 1. The van der Waals surface area contributed by atoms with E-state index >= 15 is 0 Å². The molecule has 0 saturated carbocycles. The van der Waals surface area contributed by atoms with E-state index in [-0.39, 0.29) is 11.3 Å². The first-order valence-corrected chi connectivity index (χ1v) is 11.4. The van der Waals surface area contributed by atoms with Crippen molar-refractivity contribution in [2.45, 2.75) is 44.3 Å². The number of benzene rings is 2. The normalized spacial score (nSPS) is 11.1. The largest absolute Gasteiger partial charge is 0.325 e. The summed E-state index contributed by atoms with van der Waals surface area (Å²) in [5.74, 6) is 1.17. The van der Waals surface area contributed by atoms with Crippen LogP contribution in [-0.2, 0) is 16.8 Å². The number of nitrogens with one attached hydrogen (secondary N) is 1. The lowest BCUT2D eigenvalue weighted by Crippen LogP contribution is -2.13. The van der Waals surface area contributed by atoms with Crippen molar-refractivity contribution in [1.29, 1.82) is 5.26 Å². The highest BCUT2D eigenvalue weighted by Crippen LogP contribution is 2.28. The van der Waals surface area contributed by atoms with E-state index < -0.39 is 0 Å². The number of amides is 1. The molecule has 0 spiro atoms. The van der Waals surface area contributed by atoms with Gasteiger partial charge in [-0.05, 0) is 23.1 Å². The molecule has 1 amide bonds. The molecular weight excluding hydrogens is 418 g/mol. The molecule has 0 bridgehead atoms. The number of hydrogen-bond acceptors (Lipinski definition) is 5.